The Hall–Kier alpha value is -0.520. The quantitative estimate of drug-likeness (QED) is 0.799. The average Bonchev–Trinajstić information content (AvgIpc) is 2.32. The van der Waals surface area contributed by atoms with Gasteiger partial charge in [0.15, 0.2) is 5.82 Å². The minimum atomic E-state index is 0.389. The second-order valence-corrected chi connectivity index (χ2v) is 6.28. The molecule has 2 rings (SSSR count). The molecule has 18 heavy (non-hydrogen) atoms. The van der Waals surface area contributed by atoms with Gasteiger partial charge in [-0.1, -0.05) is 18.5 Å². The lowest BCUT2D eigenvalue weighted by atomic mass is 10.2. The van der Waals surface area contributed by atoms with Gasteiger partial charge >= 0.3 is 0 Å². The molecule has 0 saturated carbocycles. The van der Waals surface area contributed by atoms with E-state index in [9.17, 15) is 0 Å². The average molecular weight is 288 g/mol. The van der Waals surface area contributed by atoms with Gasteiger partial charge in [-0.3, -0.25) is 0 Å². The van der Waals surface area contributed by atoms with Crippen molar-refractivity contribution in [2.75, 3.05) is 24.3 Å². The fraction of sp³-hybridized carbons (Fsp3) is 0.667. The lowest BCUT2D eigenvalue weighted by Gasteiger charge is -2.38. The standard InChI is InChI=1S/C12H18ClN3OS/c1-8-9(2)18-5-4-16(8)12-6-10(13)14-11(15-12)7-17-3/h6,8-9H,4-5,7H2,1-3H3. The second-order valence-electron chi connectivity index (χ2n) is 4.41. The van der Waals surface area contributed by atoms with Crippen LogP contribution in [0.2, 0.25) is 5.15 Å². The highest BCUT2D eigenvalue weighted by molar-refractivity contribution is 8.00. The normalized spacial score (nSPS) is 24.3. The van der Waals surface area contributed by atoms with Gasteiger partial charge in [-0.15, -0.1) is 0 Å². The summed E-state index contributed by atoms with van der Waals surface area (Å²) in [4.78, 5) is 11.0. The molecule has 1 fully saturated rings. The Morgan fingerprint density at radius 3 is 3.00 bits per heavy atom. The van der Waals surface area contributed by atoms with Gasteiger partial charge in [-0.2, -0.15) is 11.8 Å². The zero-order valence-corrected chi connectivity index (χ0v) is 12.5. The molecule has 6 heteroatoms. The van der Waals surface area contributed by atoms with Crippen LogP contribution in [0.1, 0.15) is 19.7 Å². The van der Waals surface area contributed by atoms with Crippen molar-refractivity contribution in [2.45, 2.75) is 31.7 Å². The summed E-state index contributed by atoms with van der Waals surface area (Å²) in [5.41, 5.74) is 0. The molecule has 4 nitrogen and oxygen atoms in total. The highest BCUT2D eigenvalue weighted by Crippen LogP contribution is 2.28. The van der Waals surface area contributed by atoms with Crippen molar-refractivity contribution in [1.82, 2.24) is 9.97 Å². The third-order valence-electron chi connectivity index (χ3n) is 3.18. The van der Waals surface area contributed by atoms with Crippen LogP contribution in [-0.4, -0.2) is 40.7 Å². The van der Waals surface area contributed by atoms with Gasteiger partial charge in [-0.25, -0.2) is 9.97 Å². The minimum absolute atomic E-state index is 0.389. The molecule has 0 amide bonds. The van der Waals surface area contributed by atoms with Gasteiger partial charge in [0, 0.05) is 36.8 Å². The molecule has 1 saturated heterocycles. The molecule has 0 aliphatic carbocycles. The smallest absolute Gasteiger partial charge is 0.158 e. The minimum Gasteiger partial charge on any atom is -0.377 e. The van der Waals surface area contributed by atoms with Crippen molar-refractivity contribution in [3.8, 4) is 0 Å². The molecule has 2 unspecified atom stereocenters. The topological polar surface area (TPSA) is 38.2 Å². The molecule has 0 radical (unpaired) electrons. The number of halogens is 1. The molecule has 2 heterocycles. The predicted molar refractivity (Wildman–Crippen MR) is 76.5 cm³/mol. The summed E-state index contributed by atoms with van der Waals surface area (Å²) >= 11 is 8.05. The van der Waals surface area contributed by atoms with Crippen molar-refractivity contribution in [3.63, 3.8) is 0 Å². The Morgan fingerprint density at radius 2 is 2.28 bits per heavy atom. The molecule has 1 aromatic heterocycles. The van der Waals surface area contributed by atoms with E-state index in [0.29, 0.717) is 28.9 Å². The van der Waals surface area contributed by atoms with E-state index < -0.39 is 0 Å². The summed E-state index contributed by atoms with van der Waals surface area (Å²) in [5.74, 6) is 2.66. The number of methoxy groups -OCH3 is 1. The van der Waals surface area contributed by atoms with Crippen molar-refractivity contribution < 1.29 is 4.74 Å². The maximum atomic E-state index is 6.05. The largest absolute Gasteiger partial charge is 0.377 e. The van der Waals surface area contributed by atoms with Gasteiger partial charge in [0.1, 0.15) is 17.6 Å². The number of hydrogen-bond acceptors (Lipinski definition) is 5. The first-order valence-electron chi connectivity index (χ1n) is 6.02. The Kier molecular flexibility index (Phi) is 4.70. The van der Waals surface area contributed by atoms with E-state index in [1.807, 2.05) is 17.8 Å². The zero-order valence-electron chi connectivity index (χ0n) is 10.9. The van der Waals surface area contributed by atoms with Crippen LogP contribution >= 0.6 is 23.4 Å². The highest BCUT2D eigenvalue weighted by Gasteiger charge is 2.26. The zero-order chi connectivity index (χ0) is 13.1. The van der Waals surface area contributed by atoms with Crippen LogP contribution < -0.4 is 4.90 Å². The van der Waals surface area contributed by atoms with Gasteiger partial charge < -0.3 is 9.64 Å². The van der Waals surface area contributed by atoms with Crippen molar-refractivity contribution in [2.24, 2.45) is 0 Å². The van der Waals surface area contributed by atoms with Crippen molar-refractivity contribution in [3.05, 3.63) is 17.0 Å². The molecule has 1 aliphatic rings. The first-order chi connectivity index (χ1) is 8.61. The second kappa shape index (κ2) is 6.08. The van der Waals surface area contributed by atoms with Gasteiger partial charge in [0.2, 0.25) is 0 Å². The number of anilines is 1. The van der Waals surface area contributed by atoms with Crippen LogP contribution in [0.15, 0.2) is 6.07 Å². The van der Waals surface area contributed by atoms with Crippen LogP contribution in [0.3, 0.4) is 0 Å². The van der Waals surface area contributed by atoms with Gasteiger partial charge in [-0.05, 0) is 6.92 Å². The Balaban J connectivity index is 2.26. The first kappa shape index (κ1) is 13.9. The number of nitrogens with zero attached hydrogens (tertiary/aromatic N) is 3. The van der Waals surface area contributed by atoms with E-state index in [4.69, 9.17) is 16.3 Å². The monoisotopic (exact) mass is 287 g/mol. The van der Waals surface area contributed by atoms with E-state index in [1.54, 1.807) is 7.11 Å². The summed E-state index contributed by atoms with van der Waals surface area (Å²) < 4.78 is 5.07. The predicted octanol–water partition coefficient (Wildman–Crippen LogP) is 2.61. The van der Waals surface area contributed by atoms with Gasteiger partial charge in [0.25, 0.3) is 0 Å². The number of thioether (sulfide) groups is 1. The maximum Gasteiger partial charge on any atom is 0.158 e. The van der Waals surface area contributed by atoms with Crippen molar-refractivity contribution >= 4 is 29.2 Å². The fourth-order valence-electron chi connectivity index (χ4n) is 2.05. The molecule has 1 aromatic rings. The van der Waals surface area contributed by atoms with Crippen LogP contribution in [0, 0.1) is 0 Å². The third kappa shape index (κ3) is 3.08. The third-order valence-corrected chi connectivity index (χ3v) is 4.71. The molecule has 0 bridgehead atoms. The molecule has 0 N–H and O–H groups in total. The molecule has 2 atom stereocenters. The van der Waals surface area contributed by atoms with E-state index in [-0.39, 0.29) is 0 Å². The maximum absolute atomic E-state index is 6.05. The van der Waals surface area contributed by atoms with Crippen LogP contribution in [0.4, 0.5) is 5.82 Å². The fourth-order valence-corrected chi connectivity index (χ4v) is 3.34. The van der Waals surface area contributed by atoms with E-state index in [0.717, 1.165) is 18.1 Å². The summed E-state index contributed by atoms with van der Waals surface area (Å²) in [6.45, 7) is 5.86. The summed E-state index contributed by atoms with van der Waals surface area (Å²) in [7, 11) is 1.63. The van der Waals surface area contributed by atoms with E-state index in [2.05, 4.69) is 28.7 Å². The Bertz CT molecular complexity index is 418. The number of hydrogen-bond donors (Lipinski definition) is 0. The number of rotatable bonds is 3. The SMILES string of the molecule is COCc1nc(Cl)cc(N2CCSC(C)C2C)n1. The number of aromatic nitrogens is 2. The molecule has 100 valence electrons. The Morgan fingerprint density at radius 1 is 1.50 bits per heavy atom. The first-order valence-corrected chi connectivity index (χ1v) is 7.45. The molecular weight excluding hydrogens is 270 g/mol. The van der Waals surface area contributed by atoms with E-state index in [1.165, 1.54) is 0 Å². The van der Waals surface area contributed by atoms with Crippen LogP contribution in [0.25, 0.3) is 0 Å². The highest BCUT2D eigenvalue weighted by atomic mass is 35.5. The molecule has 0 aromatic carbocycles. The van der Waals surface area contributed by atoms with Crippen molar-refractivity contribution in [1.29, 1.82) is 0 Å². The Labute approximate surface area is 117 Å². The molecular formula is C12H18ClN3OS. The van der Waals surface area contributed by atoms with E-state index >= 15 is 0 Å². The summed E-state index contributed by atoms with van der Waals surface area (Å²) in [6.07, 6.45) is 0. The lowest BCUT2D eigenvalue weighted by Crippen LogP contribution is -2.45. The summed E-state index contributed by atoms with van der Waals surface area (Å²) in [5, 5.41) is 1.07. The van der Waals surface area contributed by atoms with Crippen LogP contribution in [0.5, 0.6) is 0 Å². The molecule has 1 aliphatic heterocycles. The number of ether oxygens (including phenoxy) is 1. The van der Waals surface area contributed by atoms with Crippen LogP contribution in [-0.2, 0) is 11.3 Å². The molecule has 0 spiro atoms. The lowest BCUT2D eigenvalue weighted by molar-refractivity contribution is 0.178. The van der Waals surface area contributed by atoms with Gasteiger partial charge in [0.05, 0.1) is 0 Å². The summed E-state index contributed by atoms with van der Waals surface area (Å²) in [6, 6.07) is 2.28.